The molecule has 0 spiro atoms. The van der Waals surface area contributed by atoms with Gasteiger partial charge in [0.1, 0.15) is 35.7 Å². The van der Waals surface area contributed by atoms with Crippen LogP contribution in [-0.2, 0) is 4.79 Å². The van der Waals surface area contributed by atoms with Crippen LogP contribution in [0.3, 0.4) is 0 Å². The van der Waals surface area contributed by atoms with Crippen LogP contribution in [0.25, 0.3) is 11.3 Å². The number of aromatic nitrogens is 2. The molecule has 1 aliphatic rings. The van der Waals surface area contributed by atoms with Crippen LogP contribution in [-0.4, -0.2) is 59.9 Å². The number of amides is 1. The van der Waals surface area contributed by atoms with E-state index in [4.69, 9.17) is 19.5 Å². The van der Waals surface area contributed by atoms with Crippen LogP contribution in [0.15, 0.2) is 76.0 Å². The molecule has 11 heteroatoms. The number of hydrogen-bond acceptors (Lipinski definition) is 9. The van der Waals surface area contributed by atoms with Crippen molar-refractivity contribution in [2.24, 2.45) is 5.73 Å². The van der Waals surface area contributed by atoms with E-state index in [1.165, 1.54) is 11.2 Å². The normalized spacial score (nSPS) is 16.4. The summed E-state index contributed by atoms with van der Waals surface area (Å²) in [6, 6.07) is 16.5. The molecule has 2 atom stereocenters. The molecule has 3 heterocycles. The first-order valence-corrected chi connectivity index (χ1v) is 11.6. The molecular formula is C26H24FN5O5. The Bertz CT molecular complexity index is 1360. The highest BCUT2D eigenvalue weighted by atomic mass is 19.1. The molecule has 2 aromatic heterocycles. The van der Waals surface area contributed by atoms with Crippen molar-refractivity contribution in [2.75, 3.05) is 31.1 Å². The van der Waals surface area contributed by atoms with Gasteiger partial charge in [0.05, 0.1) is 6.54 Å². The summed E-state index contributed by atoms with van der Waals surface area (Å²) in [5.41, 5.74) is 9.26. The fourth-order valence-corrected chi connectivity index (χ4v) is 4.17. The number of anilines is 1. The van der Waals surface area contributed by atoms with Crippen LogP contribution in [0, 0.1) is 0 Å². The number of hydrogen-bond donors (Lipinski definition) is 1. The Morgan fingerprint density at radius 2 is 1.97 bits per heavy atom. The van der Waals surface area contributed by atoms with Crippen LogP contribution < -0.4 is 15.4 Å². The van der Waals surface area contributed by atoms with Gasteiger partial charge in [0, 0.05) is 42.0 Å². The van der Waals surface area contributed by atoms with Crippen LogP contribution in [0.1, 0.15) is 27.9 Å². The fraction of sp³-hybridized carbons (Fsp3) is 0.231. The zero-order chi connectivity index (χ0) is 25.8. The van der Waals surface area contributed by atoms with E-state index in [1.807, 2.05) is 29.2 Å². The van der Waals surface area contributed by atoms with Crippen LogP contribution >= 0.6 is 0 Å². The van der Waals surface area contributed by atoms with Crippen molar-refractivity contribution in [3.63, 3.8) is 0 Å². The maximum absolute atomic E-state index is 15.2. The summed E-state index contributed by atoms with van der Waals surface area (Å²) in [5, 5.41) is 8.01. The first-order valence-electron chi connectivity index (χ1n) is 11.6. The van der Waals surface area contributed by atoms with Gasteiger partial charge in [-0.3, -0.25) is 9.59 Å². The number of nitrogens with zero attached hydrogens (tertiary/aromatic N) is 4. The summed E-state index contributed by atoms with van der Waals surface area (Å²) in [5.74, 6) is 0.387. The van der Waals surface area contributed by atoms with Gasteiger partial charge in [-0.1, -0.05) is 28.5 Å². The van der Waals surface area contributed by atoms with Crippen LogP contribution in [0.2, 0.25) is 0 Å². The van der Waals surface area contributed by atoms with Gasteiger partial charge in [-0.15, -0.1) is 0 Å². The van der Waals surface area contributed by atoms with Gasteiger partial charge in [-0.25, -0.2) is 4.39 Å². The van der Waals surface area contributed by atoms with E-state index in [0.717, 1.165) is 17.5 Å². The molecule has 190 valence electrons. The van der Waals surface area contributed by atoms with Gasteiger partial charge < -0.3 is 29.3 Å². The molecule has 2 unspecified atom stereocenters. The smallest absolute Gasteiger partial charge is 0.262 e. The zero-order valence-electron chi connectivity index (χ0n) is 19.7. The second-order valence-corrected chi connectivity index (χ2v) is 8.48. The van der Waals surface area contributed by atoms with E-state index in [9.17, 15) is 9.59 Å². The van der Waals surface area contributed by atoms with E-state index < -0.39 is 18.2 Å². The summed E-state index contributed by atoms with van der Waals surface area (Å²) in [6.45, 7) is 0.286. The third kappa shape index (κ3) is 5.21. The highest BCUT2D eigenvalue weighted by molar-refractivity contribution is 5.80. The number of para-hydroxylation sites is 1. The van der Waals surface area contributed by atoms with Gasteiger partial charge in [0.25, 0.3) is 5.91 Å². The van der Waals surface area contributed by atoms with Gasteiger partial charge in [-0.2, -0.15) is 0 Å². The minimum atomic E-state index is -1.52. The summed E-state index contributed by atoms with van der Waals surface area (Å²) in [4.78, 5) is 26.4. The van der Waals surface area contributed by atoms with E-state index >= 15 is 4.39 Å². The Labute approximate surface area is 211 Å². The topological polar surface area (TPSA) is 128 Å². The molecule has 1 saturated heterocycles. The second-order valence-electron chi connectivity index (χ2n) is 8.48. The number of aldehydes is 1. The van der Waals surface area contributed by atoms with Crippen LogP contribution in [0.4, 0.5) is 10.1 Å². The Hall–Kier alpha value is -4.51. The summed E-state index contributed by atoms with van der Waals surface area (Å²) in [6.07, 6.45) is 0.622. The van der Waals surface area contributed by atoms with Gasteiger partial charge in [-0.05, 0) is 30.3 Å². The number of ether oxygens (including phenoxy) is 1. The highest BCUT2D eigenvalue weighted by Gasteiger charge is 2.32. The van der Waals surface area contributed by atoms with Crippen molar-refractivity contribution < 1.29 is 27.8 Å². The van der Waals surface area contributed by atoms with E-state index in [-0.39, 0.29) is 19.7 Å². The first kappa shape index (κ1) is 24.2. The lowest BCUT2D eigenvalue weighted by Crippen LogP contribution is -2.54. The summed E-state index contributed by atoms with van der Waals surface area (Å²) in [7, 11) is 0. The number of benzene rings is 2. The Kier molecular flexibility index (Phi) is 6.95. The third-order valence-corrected chi connectivity index (χ3v) is 6.15. The molecule has 2 aromatic carbocycles. The molecule has 0 radical (unpaired) electrons. The monoisotopic (exact) mass is 505 g/mol. The number of rotatable bonds is 8. The molecule has 10 nitrogen and oxygen atoms in total. The van der Waals surface area contributed by atoms with Crippen molar-refractivity contribution in [2.45, 2.75) is 12.3 Å². The average molecular weight is 506 g/mol. The molecular weight excluding hydrogens is 481 g/mol. The average Bonchev–Trinajstić information content (AvgIpc) is 3.65. The van der Waals surface area contributed by atoms with Crippen LogP contribution in [0.5, 0.6) is 5.75 Å². The number of carbonyl (C=O) groups excluding carboxylic acids is 2. The Morgan fingerprint density at radius 3 is 2.70 bits per heavy atom. The molecule has 1 fully saturated rings. The second kappa shape index (κ2) is 10.6. The van der Waals surface area contributed by atoms with Crippen molar-refractivity contribution in [3.05, 3.63) is 83.9 Å². The standard InChI is InChI=1S/C26H24FN5O5/c27-24-14-31(10-11-32(24)25(34)16-35-18-7-5-17(15-33)6-8-18)22-4-2-1-3-19(22)21-13-23(37-30-21)26(28)20-9-12-36-29-20/h1-9,12-13,15,24,26H,10-11,14,16,28H2. The maximum Gasteiger partial charge on any atom is 0.262 e. The SMILES string of the molecule is NC(c1ccon1)c1cc(-c2ccccc2N2CCN(C(=O)COc3ccc(C=O)cc3)C(F)C2)no1. The number of piperazine rings is 1. The van der Waals surface area contributed by atoms with E-state index in [0.29, 0.717) is 35.0 Å². The summed E-state index contributed by atoms with van der Waals surface area (Å²) >= 11 is 0. The molecule has 4 aromatic rings. The summed E-state index contributed by atoms with van der Waals surface area (Å²) < 4.78 is 30.9. The Balaban J connectivity index is 1.24. The number of nitrogens with two attached hydrogens (primary N) is 1. The van der Waals surface area contributed by atoms with Crippen molar-refractivity contribution in [1.29, 1.82) is 0 Å². The highest BCUT2D eigenvalue weighted by Crippen LogP contribution is 2.33. The number of alkyl halides is 1. The third-order valence-electron chi connectivity index (χ3n) is 6.15. The van der Waals surface area contributed by atoms with Crippen molar-refractivity contribution >= 4 is 17.9 Å². The van der Waals surface area contributed by atoms with E-state index in [1.54, 1.807) is 36.4 Å². The molecule has 37 heavy (non-hydrogen) atoms. The lowest BCUT2D eigenvalue weighted by molar-refractivity contribution is -0.139. The van der Waals surface area contributed by atoms with Gasteiger partial charge in [0.2, 0.25) is 0 Å². The molecule has 1 aliphatic heterocycles. The largest absolute Gasteiger partial charge is 0.484 e. The molecule has 0 bridgehead atoms. The zero-order valence-corrected chi connectivity index (χ0v) is 19.7. The predicted molar refractivity (Wildman–Crippen MR) is 131 cm³/mol. The fourth-order valence-electron chi connectivity index (χ4n) is 4.17. The molecule has 2 N–H and O–H groups in total. The van der Waals surface area contributed by atoms with Crippen molar-refractivity contribution in [1.82, 2.24) is 15.2 Å². The number of carbonyl (C=O) groups is 2. The first-order chi connectivity index (χ1) is 18.0. The number of halogens is 1. The maximum atomic E-state index is 15.2. The van der Waals surface area contributed by atoms with Gasteiger partial charge in [0.15, 0.2) is 18.7 Å². The molecule has 0 saturated carbocycles. The lowest BCUT2D eigenvalue weighted by atomic mass is 10.1. The quantitative estimate of drug-likeness (QED) is 0.284. The molecule has 0 aliphatic carbocycles. The predicted octanol–water partition coefficient (Wildman–Crippen LogP) is 3.21. The van der Waals surface area contributed by atoms with Crippen molar-refractivity contribution in [3.8, 4) is 17.0 Å². The Morgan fingerprint density at radius 1 is 1.16 bits per heavy atom. The minimum Gasteiger partial charge on any atom is -0.484 e. The van der Waals surface area contributed by atoms with Gasteiger partial charge >= 0.3 is 0 Å². The molecule has 1 amide bonds. The minimum absolute atomic E-state index is 0.0139. The van der Waals surface area contributed by atoms with E-state index in [2.05, 4.69) is 10.3 Å². The molecule has 5 rings (SSSR count). The lowest BCUT2D eigenvalue weighted by Gasteiger charge is -2.39.